The molecule has 0 radical (unpaired) electrons. The van der Waals surface area contributed by atoms with Crippen molar-refractivity contribution < 1.29 is 0 Å². The zero-order chi connectivity index (χ0) is 14.9. The van der Waals surface area contributed by atoms with Crippen LogP contribution in [0.3, 0.4) is 0 Å². The van der Waals surface area contributed by atoms with Crippen LogP contribution in [-0.4, -0.2) is 34.8 Å². The molecule has 0 saturated heterocycles. The minimum atomic E-state index is -0.327. The van der Waals surface area contributed by atoms with Crippen LogP contribution < -0.4 is 5.69 Å². The van der Waals surface area contributed by atoms with Crippen molar-refractivity contribution in [2.75, 3.05) is 0 Å². The van der Waals surface area contributed by atoms with Gasteiger partial charge in [0.05, 0.1) is 0 Å². The molecule has 0 bridgehead atoms. The third-order valence-electron chi connectivity index (χ3n) is 3.35. The molecule has 0 aliphatic carbocycles. The first-order valence-corrected chi connectivity index (χ1v) is 6.69. The number of fused-ring (bicyclic) bond motifs is 1. The molecule has 0 aliphatic heterocycles. The molecule has 1 N–H and O–H groups in total. The molecule has 0 amide bonds. The highest BCUT2D eigenvalue weighted by molar-refractivity contribution is 5.40. The normalized spacial score (nSPS) is 11.1. The first kappa shape index (κ1) is 12.5. The van der Waals surface area contributed by atoms with Crippen LogP contribution in [0.1, 0.15) is 11.1 Å². The van der Waals surface area contributed by atoms with Crippen molar-refractivity contribution >= 4 is 5.65 Å². The lowest BCUT2D eigenvalue weighted by Gasteiger charge is -2.01. The number of hydrogen-bond donors (Lipinski definition) is 1. The van der Waals surface area contributed by atoms with Crippen molar-refractivity contribution in [3.63, 3.8) is 0 Å². The molecule has 8 heteroatoms. The van der Waals surface area contributed by atoms with Crippen LogP contribution in [0.5, 0.6) is 0 Å². The molecule has 108 valence electrons. The highest BCUT2D eigenvalue weighted by atomic mass is 16.2. The van der Waals surface area contributed by atoms with E-state index in [4.69, 9.17) is 0 Å². The number of aromatic amines is 1. The molecule has 8 nitrogen and oxygen atoms in total. The van der Waals surface area contributed by atoms with Crippen molar-refractivity contribution in [2.24, 2.45) is 0 Å². The maximum absolute atomic E-state index is 12.4. The summed E-state index contributed by atoms with van der Waals surface area (Å²) in [5.41, 5.74) is 2.41. The molecule has 0 unspecified atom stereocenters. The summed E-state index contributed by atoms with van der Waals surface area (Å²) in [7, 11) is 0. The standard InChI is InChI=1S/C14H11N7O/c22-14-20-9-11(8-10-4-2-1-3-5-10)6-7-12(20)17-21(14)13-15-18-19-16-13/h1-7,9H,8H2,(H,15,16,18,19). The summed E-state index contributed by atoms with van der Waals surface area (Å²) >= 11 is 0. The smallest absolute Gasteiger partial charge is 0.250 e. The van der Waals surface area contributed by atoms with Gasteiger partial charge in [-0.2, -0.15) is 5.21 Å². The largest absolute Gasteiger partial charge is 0.357 e. The Bertz CT molecular complexity index is 970. The highest BCUT2D eigenvalue weighted by Crippen LogP contribution is 2.10. The summed E-state index contributed by atoms with van der Waals surface area (Å²) in [6.45, 7) is 0. The Balaban J connectivity index is 1.78. The number of hydrogen-bond acceptors (Lipinski definition) is 5. The predicted octanol–water partition coefficient (Wildman–Crippen LogP) is 0.589. The van der Waals surface area contributed by atoms with E-state index in [1.54, 1.807) is 12.3 Å². The Morgan fingerprint density at radius 2 is 1.91 bits per heavy atom. The third-order valence-corrected chi connectivity index (χ3v) is 3.35. The van der Waals surface area contributed by atoms with Gasteiger partial charge in [-0.05, 0) is 28.8 Å². The molecule has 0 spiro atoms. The Morgan fingerprint density at radius 1 is 1.05 bits per heavy atom. The average Bonchev–Trinajstić information content (AvgIpc) is 3.17. The number of H-pyrrole nitrogens is 1. The quantitative estimate of drug-likeness (QED) is 0.596. The van der Waals surface area contributed by atoms with Crippen LogP contribution in [0, 0.1) is 0 Å². The van der Waals surface area contributed by atoms with Crippen molar-refractivity contribution in [1.29, 1.82) is 0 Å². The number of rotatable bonds is 3. The summed E-state index contributed by atoms with van der Waals surface area (Å²) < 4.78 is 2.60. The van der Waals surface area contributed by atoms with Crippen molar-refractivity contribution in [2.45, 2.75) is 6.42 Å². The van der Waals surface area contributed by atoms with E-state index >= 15 is 0 Å². The predicted molar refractivity (Wildman–Crippen MR) is 77.8 cm³/mol. The topological polar surface area (TPSA) is 93.8 Å². The summed E-state index contributed by atoms with van der Waals surface area (Å²) in [5.74, 6) is 0.123. The van der Waals surface area contributed by atoms with E-state index in [9.17, 15) is 4.79 Å². The molecule has 22 heavy (non-hydrogen) atoms. The lowest BCUT2D eigenvalue weighted by Crippen LogP contribution is -2.20. The highest BCUT2D eigenvalue weighted by Gasteiger charge is 2.12. The van der Waals surface area contributed by atoms with Gasteiger partial charge < -0.3 is 0 Å². The lowest BCUT2D eigenvalue weighted by molar-refractivity contribution is 0.779. The Labute approximate surface area is 124 Å². The van der Waals surface area contributed by atoms with Crippen LogP contribution in [0.4, 0.5) is 0 Å². The third kappa shape index (κ3) is 2.06. The summed E-state index contributed by atoms with van der Waals surface area (Å²) in [4.78, 5) is 12.4. The molecule has 0 saturated carbocycles. The summed E-state index contributed by atoms with van der Waals surface area (Å²) in [5, 5.41) is 17.5. The van der Waals surface area contributed by atoms with Crippen LogP contribution in [-0.2, 0) is 6.42 Å². The number of nitrogens with zero attached hydrogens (tertiary/aromatic N) is 6. The minimum Gasteiger partial charge on any atom is -0.250 e. The molecular formula is C14H11N7O. The van der Waals surface area contributed by atoms with E-state index < -0.39 is 0 Å². The van der Waals surface area contributed by atoms with Gasteiger partial charge in [0.2, 0.25) is 0 Å². The first-order valence-electron chi connectivity index (χ1n) is 6.69. The Hall–Kier alpha value is -3.29. The number of nitrogens with one attached hydrogen (secondary N) is 1. The van der Waals surface area contributed by atoms with Gasteiger partial charge >= 0.3 is 5.69 Å². The monoisotopic (exact) mass is 293 g/mol. The molecule has 0 aliphatic rings. The van der Waals surface area contributed by atoms with Gasteiger partial charge in [-0.1, -0.05) is 41.5 Å². The van der Waals surface area contributed by atoms with E-state index in [1.165, 1.54) is 9.96 Å². The molecule has 4 aromatic rings. The minimum absolute atomic E-state index is 0.123. The number of benzene rings is 1. The number of pyridine rings is 1. The fraction of sp³-hybridized carbons (Fsp3) is 0.0714. The molecular weight excluding hydrogens is 282 g/mol. The maximum atomic E-state index is 12.4. The van der Waals surface area contributed by atoms with Crippen molar-refractivity contribution in [3.05, 3.63) is 70.3 Å². The fourth-order valence-electron chi connectivity index (χ4n) is 2.33. The van der Waals surface area contributed by atoms with Gasteiger partial charge in [0, 0.05) is 6.20 Å². The van der Waals surface area contributed by atoms with Crippen molar-refractivity contribution in [1.82, 2.24) is 34.8 Å². The fourth-order valence-corrected chi connectivity index (χ4v) is 2.33. The summed E-state index contributed by atoms with van der Waals surface area (Å²) in [6.07, 6.45) is 2.53. The molecule has 4 rings (SSSR count). The van der Waals surface area contributed by atoms with E-state index in [2.05, 4.69) is 37.9 Å². The number of aromatic nitrogens is 7. The van der Waals surface area contributed by atoms with Gasteiger partial charge in [0.1, 0.15) is 0 Å². The second kappa shape index (κ2) is 4.92. The number of tetrazole rings is 1. The second-order valence-electron chi connectivity index (χ2n) is 4.83. The molecule has 0 fully saturated rings. The average molecular weight is 293 g/mol. The molecule has 3 aromatic heterocycles. The summed E-state index contributed by atoms with van der Waals surface area (Å²) in [6, 6.07) is 13.8. The van der Waals surface area contributed by atoms with Crippen LogP contribution in [0.25, 0.3) is 11.6 Å². The molecule has 1 aromatic carbocycles. The van der Waals surface area contributed by atoms with E-state index in [-0.39, 0.29) is 11.6 Å². The SMILES string of the molecule is O=c1n(-c2nn[nH]n2)nc2ccc(Cc3ccccc3)cn12. The van der Waals surface area contributed by atoms with E-state index in [1.807, 2.05) is 24.3 Å². The Morgan fingerprint density at radius 3 is 2.68 bits per heavy atom. The van der Waals surface area contributed by atoms with Crippen LogP contribution >= 0.6 is 0 Å². The van der Waals surface area contributed by atoms with E-state index in [0.29, 0.717) is 5.65 Å². The van der Waals surface area contributed by atoms with Crippen molar-refractivity contribution in [3.8, 4) is 5.95 Å². The maximum Gasteiger partial charge on any atom is 0.357 e. The van der Waals surface area contributed by atoms with Gasteiger partial charge in [0.25, 0.3) is 5.95 Å². The molecule has 0 atom stereocenters. The van der Waals surface area contributed by atoms with Gasteiger partial charge in [-0.15, -0.1) is 14.9 Å². The van der Waals surface area contributed by atoms with Gasteiger partial charge in [-0.25, -0.2) is 9.20 Å². The van der Waals surface area contributed by atoms with Crippen LogP contribution in [0.15, 0.2) is 53.5 Å². The van der Waals surface area contributed by atoms with E-state index in [0.717, 1.165) is 16.7 Å². The van der Waals surface area contributed by atoms with Gasteiger partial charge in [0.15, 0.2) is 5.65 Å². The Kier molecular flexibility index (Phi) is 2.78. The molecule has 3 heterocycles. The van der Waals surface area contributed by atoms with Gasteiger partial charge in [-0.3, -0.25) is 0 Å². The first-order chi connectivity index (χ1) is 10.8. The lowest BCUT2D eigenvalue weighted by atomic mass is 10.1. The zero-order valence-corrected chi connectivity index (χ0v) is 11.4. The van der Waals surface area contributed by atoms with Crippen LogP contribution in [0.2, 0.25) is 0 Å². The zero-order valence-electron chi connectivity index (χ0n) is 11.4. The second-order valence-corrected chi connectivity index (χ2v) is 4.83.